The largest absolute Gasteiger partial charge is 0.497 e. The molecule has 0 saturated carbocycles. The molecule has 0 bridgehead atoms. The molecular formula is C13H15NO. The Kier molecular flexibility index (Phi) is 2.35. The summed E-state index contributed by atoms with van der Waals surface area (Å²) in [5, 5.41) is 0. The molecule has 1 aliphatic heterocycles. The Balaban J connectivity index is 2.34. The Hall–Kier alpha value is -1.57. The van der Waals surface area contributed by atoms with Crippen LogP contribution < -0.4 is 4.74 Å². The topological polar surface area (TPSA) is 21.6 Å². The fraction of sp³-hybridized carbons (Fsp3) is 0.308. The normalized spacial score (nSPS) is 24.1. The molecule has 0 N–H and O–H groups in total. The fourth-order valence-corrected chi connectivity index (χ4v) is 1.81. The Morgan fingerprint density at radius 2 is 1.87 bits per heavy atom. The van der Waals surface area contributed by atoms with Crippen LogP contribution in [0.15, 0.2) is 41.4 Å². The number of nitrogens with zero attached hydrogens (tertiary/aromatic N) is 1. The van der Waals surface area contributed by atoms with Crippen LogP contribution in [0.4, 0.5) is 0 Å². The number of ether oxygens (including phenoxy) is 1. The Morgan fingerprint density at radius 3 is 2.33 bits per heavy atom. The van der Waals surface area contributed by atoms with Crippen LogP contribution in [0.1, 0.15) is 19.4 Å². The molecule has 1 atom stereocenters. The summed E-state index contributed by atoms with van der Waals surface area (Å²) in [6.07, 6.45) is 4.19. The number of rotatable bonds is 2. The van der Waals surface area contributed by atoms with Crippen molar-refractivity contribution in [1.82, 2.24) is 0 Å². The number of allylic oxidation sites excluding steroid dienone is 1. The first-order valence-electron chi connectivity index (χ1n) is 5.04. The summed E-state index contributed by atoms with van der Waals surface area (Å²) in [7, 11) is 1.68. The van der Waals surface area contributed by atoms with Gasteiger partial charge in [-0.2, -0.15) is 0 Å². The van der Waals surface area contributed by atoms with E-state index in [2.05, 4.69) is 36.2 Å². The predicted molar refractivity (Wildman–Crippen MR) is 62.6 cm³/mol. The molecule has 15 heavy (non-hydrogen) atoms. The van der Waals surface area contributed by atoms with Gasteiger partial charge in [0.25, 0.3) is 0 Å². The lowest BCUT2D eigenvalue weighted by Crippen LogP contribution is -2.13. The maximum atomic E-state index is 5.13. The number of hydrogen-bond donors (Lipinski definition) is 0. The molecule has 0 amide bonds. The predicted octanol–water partition coefficient (Wildman–Crippen LogP) is 2.94. The minimum Gasteiger partial charge on any atom is -0.497 e. The molecule has 1 aliphatic rings. The van der Waals surface area contributed by atoms with Crippen molar-refractivity contribution in [3.63, 3.8) is 0 Å². The summed E-state index contributed by atoms with van der Waals surface area (Å²) in [5.41, 5.74) is 2.07. The van der Waals surface area contributed by atoms with Gasteiger partial charge in [-0.3, -0.25) is 4.99 Å². The quantitative estimate of drug-likeness (QED) is 0.721. The second-order valence-corrected chi connectivity index (χ2v) is 3.96. The van der Waals surface area contributed by atoms with Crippen LogP contribution in [0.3, 0.4) is 0 Å². The third kappa shape index (κ3) is 1.80. The summed E-state index contributed by atoms with van der Waals surface area (Å²) in [6, 6.07) is 8.06. The number of hydrogen-bond acceptors (Lipinski definition) is 2. The molecule has 0 radical (unpaired) electrons. The van der Waals surface area contributed by atoms with Gasteiger partial charge in [0.05, 0.1) is 7.11 Å². The average Bonchev–Trinajstić information content (AvgIpc) is 2.60. The number of aliphatic imine (C=N–C) groups is 1. The zero-order valence-corrected chi connectivity index (χ0v) is 9.32. The minimum atomic E-state index is -0.198. The third-order valence-corrected chi connectivity index (χ3v) is 2.73. The summed E-state index contributed by atoms with van der Waals surface area (Å²) in [5.74, 6) is 0.880. The first kappa shape index (κ1) is 9.97. The molecule has 1 heterocycles. The van der Waals surface area contributed by atoms with Gasteiger partial charge in [-0.25, -0.2) is 0 Å². The standard InChI is InChI=1S/C13H15NO/c1-10-8-9-13(2,14-10)11-4-6-12(15-3)7-5-11/h4-9H,1-3H3. The average molecular weight is 201 g/mol. The van der Waals surface area contributed by atoms with Crippen LogP contribution >= 0.6 is 0 Å². The van der Waals surface area contributed by atoms with Crippen LogP contribution in [0.5, 0.6) is 5.75 Å². The SMILES string of the molecule is COc1ccc(C2(C)C=CC(C)=N2)cc1. The van der Waals surface area contributed by atoms with Crippen LogP contribution in [0, 0.1) is 0 Å². The first-order valence-corrected chi connectivity index (χ1v) is 5.04. The van der Waals surface area contributed by atoms with Gasteiger partial charge < -0.3 is 4.74 Å². The number of methoxy groups -OCH3 is 1. The van der Waals surface area contributed by atoms with E-state index in [4.69, 9.17) is 4.74 Å². The van der Waals surface area contributed by atoms with Crippen molar-refractivity contribution >= 4 is 5.71 Å². The molecule has 0 fully saturated rings. The Bertz CT molecular complexity index is 417. The summed E-state index contributed by atoms with van der Waals surface area (Å²) in [6.45, 7) is 4.13. The van der Waals surface area contributed by atoms with E-state index in [1.54, 1.807) is 7.11 Å². The minimum absolute atomic E-state index is 0.198. The lowest BCUT2D eigenvalue weighted by molar-refractivity contribution is 0.414. The van der Waals surface area contributed by atoms with Gasteiger partial charge in [-0.05, 0) is 37.6 Å². The Labute approximate surface area is 90.3 Å². The van der Waals surface area contributed by atoms with E-state index in [9.17, 15) is 0 Å². The van der Waals surface area contributed by atoms with Crippen LogP contribution in [-0.2, 0) is 5.54 Å². The molecule has 1 aromatic carbocycles. The van der Waals surface area contributed by atoms with Crippen molar-refractivity contribution in [2.45, 2.75) is 19.4 Å². The highest BCUT2D eigenvalue weighted by molar-refractivity contribution is 5.95. The van der Waals surface area contributed by atoms with Gasteiger partial charge in [0, 0.05) is 5.71 Å². The molecule has 1 aromatic rings. The monoisotopic (exact) mass is 201 g/mol. The molecule has 0 aliphatic carbocycles. The molecule has 2 nitrogen and oxygen atoms in total. The molecule has 0 spiro atoms. The molecular weight excluding hydrogens is 186 g/mol. The zero-order valence-electron chi connectivity index (χ0n) is 9.32. The van der Waals surface area contributed by atoms with Crippen molar-refractivity contribution in [2.24, 2.45) is 4.99 Å². The van der Waals surface area contributed by atoms with Gasteiger partial charge in [-0.15, -0.1) is 0 Å². The highest BCUT2D eigenvalue weighted by Gasteiger charge is 2.25. The molecule has 78 valence electrons. The van der Waals surface area contributed by atoms with Crippen molar-refractivity contribution in [3.05, 3.63) is 42.0 Å². The molecule has 2 heteroatoms. The van der Waals surface area contributed by atoms with Gasteiger partial charge in [0.15, 0.2) is 0 Å². The van der Waals surface area contributed by atoms with Crippen LogP contribution in [0.25, 0.3) is 0 Å². The molecule has 1 unspecified atom stereocenters. The van der Waals surface area contributed by atoms with E-state index in [1.807, 2.05) is 19.1 Å². The zero-order chi connectivity index (χ0) is 10.9. The van der Waals surface area contributed by atoms with Gasteiger partial charge >= 0.3 is 0 Å². The maximum absolute atomic E-state index is 5.13. The summed E-state index contributed by atoms with van der Waals surface area (Å²) < 4.78 is 5.13. The van der Waals surface area contributed by atoms with Crippen LogP contribution in [0.2, 0.25) is 0 Å². The smallest absolute Gasteiger partial charge is 0.118 e. The lowest BCUT2D eigenvalue weighted by atomic mass is 9.93. The maximum Gasteiger partial charge on any atom is 0.118 e. The van der Waals surface area contributed by atoms with E-state index in [-0.39, 0.29) is 5.54 Å². The molecule has 2 rings (SSSR count). The van der Waals surface area contributed by atoms with Crippen LogP contribution in [-0.4, -0.2) is 12.8 Å². The molecule has 0 saturated heterocycles. The Morgan fingerprint density at radius 1 is 1.20 bits per heavy atom. The van der Waals surface area contributed by atoms with Gasteiger partial charge in [-0.1, -0.05) is 18.2 Å². The highest BCUT2D eigenvalue weighted by atomic mass is 16.5. The van der Waals surface area contributed by atoms with Crippen molar-refractivity contribution in [1.29, 1.82) is 0 Å². The van der Waals surface area contributed by atoms with E-state index in [0.717, 1.165) is 11.5 Å². The number of benzene rings is 1. The highest BCUT2D eigenvalue weighted by Crippen LogP contribution is 2.31. The fourth-order valence-electron chi connectivity index (χ4n) is 1.81. The van der Waals surface area contributed by atoms with Gasteiger partial charge in [0.1, 0.15) is 11.3 Å². The summed E-state index contributed by atoms with van der Waals surface area (Å²) in [4.78, 5) is 4.61. The lowest BCUT2D eigenvalue weighted by Gasteiger charge is -2.19. The second-order valence-electron chi connectivity index (χ2n) is 3.96. The van der Waals surface area contributed by atoms with Crippen molar-refractivity contribution in [2.75, 3.05) is 7.11 Å². The van der Waals surface area contributed by atoms with E-state index >= 15 is 0 Å². The van der Waals surface area contributed by atoms with Gasteiger partial charge in [0.2, 0.25) is 0 Å². The first-order chi connectivity index (χ1) is 7.14. The second kappa shape index (κ2) is 3.54. The van der Waals surface area contributed by atoms with E-state index in [1.165, 1.54) is 5.56 Å². The van der Waals surface area contributed by atoms with E-state index < -0.39 is 0 Å². The molecule has 0 aromatic heterocycles. The van der Waals surface area contributed by atoms with Crippen molar-refractivity contribution < 1.29 is 4.74 Å². The summed E-state index contributed by atoms with van der Waals surface area (Å²) >= 11 is 0. The third-order valence-electron chi connectivity index (χ3n) is 2.73. The van der Waals surface area contributed by atoms with Crippen molar-refractivity contribution in [3.8, 4) is 5.75 Å². The van der Waals surface area contributed by atoms with E-state index in [0.29, 0.717) is 0 Å².